The fraction of sp³-hybridized carbons (Fsp3) is 0.613. The van der Waals surface area contributed by atoms with E-state index >= 15 is 0 Å². The van der Waals surface area contributed by atoms with E-state index in [1.807, 2.05) is 0 Å². The zero-order valence-electron chi connectivity index (χ0n) is 47.0. The van der Waals surface area contributed by atoms with E-state index in [0.717, 1.165) is 63.5 Å². The number of esters is 8. The van der Waals surface area contributed by atoms with Gasteiger partial charge in [0.1, 0.15) is 34.1 Å². The lowest BCUT2D eigenvalue weighted by Crippen LogP contribution is -2.30. The molecule has 2 aromatic rings. The molecular weight excluding hydrogens is 1000 g/mol. The van der Waals surface area contributed by atoms with E-state index in [1.165, 1.54) is 62.1 Å². The van der Waals surface area contributed by atoms with E-state index in [1.54, 1.807) is 27.7 Å². The third-order valence-corrected chi connectivity index (χ3v) is 15.1. The molecule has 0 N–H and O–H groups in total. The summed E-state index contributed by atoms with van der Waals surface area (Å²) in [7, 11) is 0. The van der Waals surface area contributed by atoms with Crippen molar-refractivity contribution in [3.63, 3.8) is 0 Å². The Morgan fingerprint density at radius 2 is 0.756 bits per heavy atom. The van der Waals surface area contributed by atoms with E-state index < -0.39 is 70.4 Å². The summed E-state index contributed by atoms with van der Waals surface area (Å²) in [6, 6.07) is 8.32. The van der Waals surface area contributed by atoms with Gasteiger partial charge in [0, 0.05) is 23.0 Å². The van der Waals surface area contributed by atoms with Gasteiger partial charge in [-0.15, -0.1) is 0 Å². The van der Waals surface area contributed by atoms with Crippen LogP contribution in [0.5, 0.6) is 23.0 Å². The van der Waals surface area contributed by atoms with Crippen LogP contribution in [0.1, 0.15) is 191 Å². The van der Waals surface area contributed by atoms with Gasteiger partial charge in [-0.25, -0.2) is 19.2 Å². The molecular formula is C62H84O16. The Morgan fingerprint density at radius 1 is 0.449 bits per heavy atom. The monoisotopic (exact) mass is 1080 g/mol. The molecule has 0 spiro atoms. The summed E-state index contributed by atoms with van der Waals surface area (Å²) in [5.74, 6) is -5.73. The van der Waals surface area contributed by atoms with Gasteiger partial charge in [-0.3, -0.25) is 19.2 Å². The first-order valence-corrected chi connectivity index (χ1v) is 28.3. The fourth-order valence-corrected chi connectivity index (χ4v) is 10.1. The summed E-state index contributed by atoms with van der Waals surface area (Å²) < 4.78 is 45.1. The molecule has 3 aliphatic rings. The Kier molecular flexibility index (Phi) is 24.6. The molecule has 0 heterocycles. The molecule has 3 fully saturated rings. The van der Waals surface area contributed by atoms with Crippen molar-refractivity contribution < 1.29 is 76.3 Å². The molecule has 5 rings (SSSR count). The number of benzene rings is 2. The minimum Gasteiger partial charge on any atom is -0.462 e. The molecule has 78 heavy (non-hydrogen) atoms. The van der Waals surface area contributed by atoms with Crippen LogP contribution >= 0.6 is 0 Å². The van der Waals surface area contributed by atoms with Crippen LogP contribution in [0.3, 0.4) is 0 Å². The SMILES string of the molecule is C=CC(=O)OCC(C)(C)COC(=O)c1cc(OC(=O)C2CCC(C(=O)Oc3ccc(OC(=O)C4CCC(CCCCC)CC4)c(C(=O)OCC(C)(C)COC(=O)C=C)c3)CC2)ccc1OC(=O)C1CCC(CCCCC)CC1. The summed E-state index contributed by atoms with van der Waals surface area (Å²) >= 11 is 0. The van der Waals surface area contributed by atoms with Gasteiger partial charge in [0.2, 0.25) is 0 Å². The van der Waals surface area contributed by atoms with Crippen molar-refractivity contribution in [2.75, 3.05) is 26.4 Å². The number of unbranched alkanes of at least 4 members (excludes halogenated alkanes) is 4. The molecule has 16 nitrogen and oxygen atoms in total. The highest BCUT2D eigenvalue weighted by Crippen LogP contribution is 2.38. The average molecular weight is 1090 g/mol. The van der Waals surface area contributed by atoms with Gasteiger partial charge >= 0.3 is 47.8 Å². The van der Waals surface area contributed by atoms with Gasteiger partial charge < -0.3 is 37.9 Å². The van der Waals surface area contributed by atoms with Crippen molar-refractivity contribution in [3.05, 3.63) is 72.8 Å². The van der Waals surface area contributed by atoms with Crippen molar-refractivity contribution >= 4 is 47.8 Å². The van der Waals surface area contributed by atoms with Crippen LogP contribution in [-0.2, 0) is 47.7 Å². The zero-order valence-corrected chi connectivity index (χ0v) is 47.0. The topological polar surface area (TPSA) is 210 Å². The fourth-order valence-electron chi connectivity index (χ4n) is 10.1. The van der Waals surface area contributed by atoms with Crippen LogP contribution in [0.15, 0.2) is 61.7 Å². The van der Waals surface area contributed by atoms with E-state index in [4.69, 9.17) is 37.9 Å². The number of hydrogen-bond acceptors (Lipinski definition) is 16. The maximum absolute atomic E-state index is 13.7. The zero-order chi connectivity index (χ0) is 56.8. The van der Waals surface area contributed by atoms with Gasteiger partial charge in [0.05, 0.1) is 50.1 Å². The second kappa shape index (κ2) is 30.7. The maximum atomic E-state index is 13.7. The van der Waals surface area contributed by atoms with Crippen LogP contribution < -0.4 is 18.9 Å². The highest BCUT2D eigenvalue weighted by Gasteiger charge is 2.35. The largest absolute Gasteiger partial charge is 0.462 e. The molecule has 0 saturated heterocycles. The predicted molar refractivity (Wildman–Crippen MR) is 290 cm³/mol. The smallest absolute Gasteiger partial charge is 0.342 e. The van der Waals surface area contributed by atoms with Gasteiger partial charge in [-0.2, -0.15) is 0 Å². The summed E-state index contributed by atoms with van der Waals surface area (Å²) in [5.41, 5.74) is -1.82. The minimum absolute atomic E-state index is 0.0216. The van der Waals surface area contributed by atoms with Crippen molar-refractivity contribution in [2.24, 2.45) is 46.3 Å². The number of rotatable bonds is 28. The number of hydrogen-bond donors (Lipinski definition) is 0. The first-order valence-electron chi connectivity index (χ1n) is 28.3. The third-order valence-electron chi connectivity index (χ3n) is 15.1. The Bertz CT molecular complexity index is 2230. The van der Waals surface area contributed by atoms with E-state index in [9.17, 15) is 38.4 Å². The van der Waals surface area contributed by atoms with Crippen LogP contribution in [0.4, 0.5) is 0 Å². The molecule has 0 bridgehead atoms. The Labute approximate surface area is 461 Å². The molecule has 2 aromatic carbocycles. The van der Waals surface area contributed by atoms with Crippen molar-refractivity contribution in [3.8, 4) is 23.0 Å². The summed E-state index contributed by atoms with van der Waals surface area (Å²) in [6.45, 7) is 17.7. The minimum atomic E-state index is -0.838. The third kappa shape index (κ3) is 20.2. The van der Waals surface area contributed by atoms with Gasteiger partial charge in [-0.05, 0) is 125 Å². The maximum Gasteiger partial charge on any atom is 0.342 e. The molecule has 428 valence electrons. The summed E-state index contributed by atoms with van der Waals surface area (Å²) in [5, 5.41) is 0. The molecule has 0 aliphatic heterocycles. The molecule has 16 heteroatoms. The lowest BCUT2D eigenvalue weighted by molar-refractivity contribution is -0.145. The molecule has 0 unspecified atom stereocenters. The summed E-state index contributed by atoms with van der Waals surface area (Å²) in [6.07, 6.45) is 18.9. The van der Waals surface area contributed by atoms with Gasteiger partial charge in [0.25, 0.3) is 0 Å². The number of carbonyl (C=O) groups excluding carboxylic acids is 8. The van der Waals surface area contributed by atoms with Crippen LogP contribution in [0.2, 0.25) is 0 Å². The second-order valence-electron chi connectivity index (χ2n) is 23.1. The normalized spacial score (nSPS) is 20.4. The number of carbonyl (C=O) groups is 8. The molecule has 3 aliphatic carbocycles. The lowest BCUT2D eigenvalue weighted by Gasteiger charge is -2.27. The van der Waals surface area contributed by atoms with Gasteiger partial charge in [0.15, 0.2) is 0 Å². The Hall–Kier alpha value is -6.32. The Balaban J connectivity index is 1.22. The first-order chi connectivity index (χ1) is 37.2. The first kappa shape index (κ1) is 62.5. The molecule has 0 amide bonds. The van der Waals surface area contributed by atoms with Crippen LogP contribution in [0, 0.1) is 46.3 Å². The van der Waals surface area contributed by atoms with Crippen molar-refractivity contribution in [1.29, 1.82) is 0 Å². The van der Waals surface area contributed by atoms with Gasteiger partial charge in [-0.1, -0.05) is 106 Å². The molecule has 3 saturated carbocycles. The van der Waals surface area contributed by atoms with E-state index in [0.29, 0.717) is 37.5 Å². The second-order valence-corrected chi connectivity index (χ2v) is 23.1. The predicted octanol–water partition coefficient (Wildman–Crippen LogP) is 12.4. The molecule has 0 radical (unpaired) electrons. The standard InChI is InChI=1S/C62H84O16/c1-9-13-15-17-41-19-23-43(24-20-41)57(67)77-51-33-31-47(35-49(51)59(69)73-39-61(5,6)37-71-53(63)11-3)75-55(65)45-27-29-46(30-28-45)56(66)76-48-32-34-52(78-58(68)44-25-21-42(22-26-44)18-16-14-10-2)50(36-48)60(70)74-40-62(7,8)38-72-54(64)12-4/h11-12,31-36,41-46H,3-4,9-10,13-30,37-40H2,1-2,5-8H3. The quantitative estimate of drug-likeness (QED) is 0.0255. The Morgan fingerprint density at radius 3 is 1.08 bits per heavy atom. The van der Waals surface area contributed by atoms with Crippen LogP contribution in [-0.4, -0.2) is 74.2 Å². The molecule has 0 aromatic heterocycles. The lowest BCUT2D eigenvalue weighted by atomic mass is 9.80. The van der Waals surface area contributed by atoms with Crippen molar-refractivity contribution in [2.45, 2.75) is 170 Å². The van der Waals surface area contributed by atoms with Crippen LogP contribution in [0.25, 0.3) is 0 Å². The highest BCUT2D eigenvalue weighted by molar-refractivity contribution is 5.95. The highest BCUT2D eigenvalue weighted by atomic mass is 16.6. The van der Waals surface area contributed by atoms with E-state index in [2.05, 4.69) is 27.0 Å². The van der Waals surface area contributed by atoms with E-state index in [-0.39, 0.29) is 98.1 Å². The molecule has 0 atom stereocenters. The average Bonchev–Trinajstić information content (AvgIpc) is 3.46. The number of ether oxygens (including phenoxy) is 8. The van der Waals surface area contributed by atoms with Crippen molar-refractivity contribution in [1.82, 2.24) is 0 Å². The summed E-state index contributed by atoms with van der Waals surface area (Å²) in [4.78, 5) is 105.